The summed E-state index contributed by atoms with van der Waals surface area (Å²) in [5, 5.41) is 10.9. The molecule has 1 N–H and O–H groups in total. The Hall–Kier alpha value is -3.63. The van der Waals surface area contributed by atoms with Gasteiger partial charge in [-0.25, -0.2) is 18.3 Å². The number of carbonyl (C=O) groups is 2. The molecule has 1 aliphatic heterocycles. The number of halogens is 2. The molecule has 0 bridgehead atoms. The molecule has 34 heavy (non-hydrogen) atoms. The largest absolute Gasteiger partial charge is 0.447 e. The fourth-order valence-corrected chi connectivity index (χ4v) is 4.00. The smallest absolute Gasteiger partial charge is 0.410 e. The number of nitrogens with one attached hydrogen (secondary N) is 1. The maximum absolute atomic E-state index is 14.7. The molecule has 2 amide bonds. The van der Waals surface area contributed by atoms with Gasteiger partial charge in [0, 0.05) is 25.2 Å². The summed E-state index contributed by atoms with van der Waals surface area (Å²) in [6, 6.07) is 3.39. The lowest BCUT2D eigenvalue weighted by Gasteiger charge is -2.31. The average molecular weight is 472 g/mol. The van der Waals surface area contributed by atoms with Crippen molar-refractivity contribution in [2.75, 3.05) is 19.6 Å². The Morgan fingerprint density at radius 2 is 1.91 bits per heavy atom. The van der Waals surface area contributed by atoms with E-state index >= 15 is 0 Å². The monoisotopic (exact) mass is 472 g/mol. The highest BCUT2D eigenvalue weighted by atomic mass is 19.1. The van der Waals surface area contributed by atoms with Crippen LogP contribution in [0.1, 0.15) is 50.0 Å². The minimum Gasteiger partial charge on any atom is -0.447 e. The summed E-state index contributed by atoms with van der Waals surface area (Å²) >= 11 is 0. The lowest BCUT2D eigenvalue weighted by Crippen LogP contribution is -2.40. The summed E-state index contributed by atoms with van der Waals surface area (Å²) in [6.45, 7) is 6.68. The molecule has 0 radical (unpaired) electrons. The maximum Gasteiger partial charge on any atom is 0.410 e. The highest BCUT2D eigenvalue weighted by Crippen LogP contribution is 2.29. The first-order chi connectivity index (χ1) is 16.3. The van der Waals surface area contributed by atoms with Gasteiger partial charge in [-0.1, -0.05) is 5.21 Å². The van der Waals surface area contributed by atoms with Crippen molar-refractivity contribution in [1.82, 2.24) is 30.2 Å². The number of ether oxygens (including phenoxy) is 1. The second kappa shape index (κ2) is 9.70. The van der Waals surface area contributed by atoms with Crippen molar-refractivity contribution in [2.45, 2.75) is 45.8 Å². The molecule has 0 atom stereocenters. The number of piperidine rings is 1. The number of amides is 2. The fraction of sp³-hybridized carbons (Fsp3) is 0.435. The highest BCUT2D eigenvalue weighted by Gasteiger charge is 2.27. The van der Waals surface area contributed by atoms with Crippen molar-refractivity contribution in [3.63, 3.8) is 0 Å². The Morgan fingerprint density at radius 1 is 1.18 bits per heavy atom. The molecule has 3 aromatic rings. The van der Waals surface area contributed by atoms with E-state index in [2.05, 4.69) is 20.6 Å². The zero-order valence-electron chi connectivity index (χ0n) is 19.2. The number of hydrogen-bond donors (Lipinski definition) is 1. The van der Waals surface area contributed by atoms with Crippen molar-refractivity contribution in [3.8, 4) is 11.3 Å². The van der Waals surface area contributed by atoms with Gasteiger partial charge in [-0.2, -0.15) is 0 Å². The van der Waals surface area contributed by atoms with Gasteiger partial charge in [0.15, 0.2) is 0 Å². The van der Waals surface area contributed by atoms with E-state index in [1.165, 1.54) is 12.3 Å². The predicted octanol–water partition coefficient (Wildman–Crippen LogP) is 3.70. The van der Waals surface area contributed by atoms with Crippen LogP contribution in [0.4, 0.5) is 13.6 Å². The predicted molar refractivity (Wildman–Crippen MR) is 120 cm³/mol. The van der Waals surface area contributed by atoms with E-state index in [1.807, 2.05) is 13.8 Å². The number of fused-ring (bicyclic) bond motifs is 1. The zero-order valence-corrected chi connectivity index (χ0v) is 19.2. The van der Waals surface area contributed by atoms with Gasteiger partial charge in [0.2, 0.25) is 0 Å². The summed E-state index contributed by atoms with van der Waals surface area (Å²) in [5.74, 6) is -2.28. The summed E-state index contributed by atoms with van der Waals surface area (Å²) in [7, 11) is 0. The minimum atomic E-state index is -0.837. The number of nitrogens with zero attached hydrogens (tertiary/aromatic N) is 5. The Balaban J connectivity index is 1.54. The maximum atomic E-state index is 14.7. The molecule has 1 saturated heterocycles. The Bertz CT molecular complexity index is 1220. The molecule has 0 aliphatic carbocycles. The van der Waals surface area contributed by atoms with Crippen LogP contribution in [0.2, 0.25) is 0 Å². The average Bonchev–Trinajstić information content (AvgIpc) is 3.23. The van der Waals surface area contributed by atoms with Crippen LogP contribution in [-0.4, -0.2) is 62.6 Å². The number of likely N-dealkylation sites (tertiary alicyclic amines) is 1. The van der Waals surface area contributed by atoms with Crippen LogP contribution >= 0.6 is 0 Å². The Labute approximate surface area is 195 Å². The van der Waals surface area contributed by atoms with Crippen LogP contribution in [0, 0.1) is 11.6 Å². The molecule has 9 nitrogen and oxygen atoms in total. The summed E-state index contributed by atoms with van der Waals surface area (Å²) in [6.07, 6.45) is 2.38. The number of aromatic nitrogens is 4. The number of carbonyl (C=O) groups excluding carboxylic acids is 2. The van der Waals surface area contributed by atoms with E-state index in [1.54, 1.807) is 16.5 Å². The normalized spacial score (nSPS) is 14.6. The SMILES string of the molecule is CCNC(=O)c1cc(F)c(-c2cc3nnn(C4CCN(C(=O)OC(C)C)CC4)c3cn2)cc1F. The standard InChI is InChI=1S/C23H26F2N6O3/c1-4-26-22(32)16-10-17(24)15(9-18(16)25)19-11-20-21(12-27-19)31(29-28-20)14-5-7-30(8-6-14)23(33)34-13(2)3/h9-14H,4-8H2,1-3H3,(H,26,32). The molecule has 2 aromatic heterocycles. The third-order valence-electron chi connectivity index (χ3n) is 5.68. The third-order valence-corrected chi connectivity index (χ3v) is 5.68. The van der Waals surface area contributed by atoms with Gasteiger partial charge < -0.3 is 15.0 Å². The van der Waals surface area contributed by atoms with Gasteiger partial charge in [-0.05, 0) is 51.8 Å². The quantitative estimate of drug-likeness (QED) is 0.608. The molecule has 0 spiro atoms. The van der Waals surface area contributed by atoms with Crippen molar-refractivity contribution in [2.24, 2.45) is 0 Å². The van der Waals surface area contributed by atoms with Gasteiger partial charge in [-0.3, -0.25) is 9.78 Å². The Morgan fingerprint density at radius 3 is 2.59 bits per heavy atom. The van der Waals surface area contributed by atoms with Gasteiger partial charge in [0.05, 0.1) is 29.6 Å². The first kappa shape index (κ1) is 23.5. The molecule has 11 heteroatoms. The fourth-order valence-electron chi connectivity index (χ4n) is 4.00. The van der Waals surface area contributed by atoms with Crippen LogP contribution in [0.3, 0.4) is 0 Å². The van der Waals surface area contributed by atoms with Crippen molar-refractivity contribution < 1.29 is 23.1 Å². The first-order valence-corrected chi connectivity index (χ1v) is 11.2. The van der Waals surface area contributed by atoms with Crippen molar-refractivity contribution >= 4 is 23.0 Å². The first-order valence-electron chi connectivity index (χ1n) is 11.2. The van der Waals surface area contributed by atoms with E-state index in [4.69, 9.17) is 4.74 Å². The van der Waals surface area contributed by atoms with Gasteiger partial charge >= 0.3 is 6.09 Å². The number of pyridine rings is 1. The molecular weight excluding hydrogens is 446 g/mol. The van der Waals surface area contributed by atoms with E-state index in [0.29, 0.717) is 43.5 Å². The zero-order chi connectivity index (χ0) is 24.4. The summed E-state index contributed by atoms with van der Waals surface area (Å²) in [4.78, 5) is 30.0. The van der Waals surface area contributed by atoms with Crippen LogP contribution in [0.25, 0.3) is 22.3 Å². The molecule has 0 saturated carbocycles. The van der Waals surface area contributed by atoms with Crippen LogP contribution in [-0.2, 0) is 4.74 Å². The number of benzene rings is 1. The molecule has 180 valence electrons. The third kappa shape index (κ3) is 4.68. The molecule has 1 fully saturated rings. The van der Waals surface area contributed by atoms with Crippen LogP contribution in [0.15, 0.2) is 24.4 Å². The van der Waals surface area contributed by atoms with E-state index in [9.17, 15) is 18.4 Å². The van der Waals surface area contributed by atoms with E-state index in [0.717, 1.165) is 12.1 Å². The topological polar surface area (TPSA) is 102 Å². The molecule has 0 unspecified atom stereocenters. The second-order valence-corrected chi connectivity index (χ2v) is 8.41. The molecule has 4 rings (SSSR count). The van der Waals surface area contributed by atoms with E-state index in [-0.39, 0.29) is 35.1 Å². The van der Waals surface area contributed by atoms with E-state index < -0.39 is 17.5 Å². The minimum absolute atomic E-state index is 0.0197. The van der Waals surface area contributed by atoms with Gasteiger partial charge in [0.25, 0.3) is 5.91 Å². The molecule has 3 heterocycles. The van der Waals surface area contributed by atoms with Crippen LogP contribution < -0.4 is 5.32 Å². The number of rotatable bonds is 5. The molecule has 1 aliphatic rings. The second-order valence-electron chi connectivity index (χ2n) is 8.41. The van der Waals surface area contributed by atoms with Crippen molar-refractivity contribution in [1.29, 1.82) is 0 Å². The molecular formula is C23H26F2N6O3. The summed E-state index contributed by atoms with van der Waals surface area (Å²) in [5.41, 5.74) is 0.897. The van der Waals surface area contributed by atoms with Crippen LogP contribution in [0.5, 0.6) is 0 Å². The summed E-state index contributed by atoms with van der Waals surface area (Å²) < 4.78 is 36.2. The molecule has 1 aromatic carbocycles. The van der Waals surface area contributed by atoms with Gasteiger partial charge in [-0.15, -0.1) is 5.10 Å². The van der Waals surface area contributed by atoms with Gasteiger partial charge in [0.1, 0.15) is 22.7 Å². The van der Waals surface area contributed by atoms with Crippen molar-refractivity contribution in [3.05, 3.63) is 41.6 Å². The lowest BCUT2D eigenvalue weighted by atomic mass is 10.0. The lowest BCUT2D eigenvalue weighted by molar-refractivity contribution is 0.0654. The Kier molecular flexibility index (Phi) is 6.71. The highest BCUT2D eigenvalue weighted by molar-refractivity contribution is 5.95. The number of hydrogen-bond acceptors (Lipinski definition) is 6.